The Bertz CT molecular complexity index is 1740. The number of carbonyl (C=O) groups is 2. The first-order chi connectivity index (χ1) is 21.0. The van der Waals surface area contributed by atoms with Crippen LogP contribution in [0.15, 0.2) is 66.7 Å². The highest BCUT2D eigenvalue weighted by molar-refractivity contribution is 5.89. The summed E-state index contributed by atoms with van der Waals surface area (Å²) in [5.74, 6) is -0.697. The third kappa shape index (κ3) is 6.23. The largest absolute Gasteiger partial charge is 0.478 e. The van der Waals surface area contributed by atoms with Gasteiger partial charge < -0.3 is 19.3 Å². The van der Waals surface area contributed by atoms with Crippen LogP contribution in [0.4, 0.5) is 0 Å². The van der Waals surface area contributed by atoms with Crippen molar-refractivity contribution < 1.29 is 19.4 Å². The van der Waals surface area contributed by atoms with Gasteiger partial charge >= 0.3 is 5.97 Å². The van der Waals surface area contributed by atoms with Gasteiger partial charge in [0, 0.05) is 35.8 Å². The maximum absolute atomic E-state index is 13.5. The van der Waals surface area contributed by atoms with Crippen LogP contribution in [0.2, 0.25) is 0 Å². The highest BCUT2D eigenvalue weighted by atomic mass is 16.5. The fraction of sp³-hybridized carbons (Fsp3) is 0.314. The van der Waals surface area contributed by atoms with Crippen LogP contribution < -0.4 is 0 Å². The first-order valence-corrected chi connectivity index (χ1v) is 14.9. The predicted octanol–water partition coefficient (Wildman–Crippen LogP) is 6.25. The predicted molar refractivity (Wildman–Crippen MR) is 165 cm³/mol. The summed E-state index contributed by atoms with van der Waals surface area (Å²) in [4.78, 5) is 31.8. The molecular weight excluding hydrogens is 540 g/mol. The number of nitriles is 1. The molecule has 0 atom stereocenters. The lowest BCUT2D eigenvalue weighted by molar-refractivity contribution is -0.136. The molecule has 1 saturated heterocycles. The van der Waals surface area contributed by atoms with Crippen LogP contribution in [0.25, 0.3) is 39.5 Å². The smallest absolute Gasteiger partial charge is 0.328 e. The topological polar surface area (TPSA) is 108 Å². The lowest BCUT2D eigenvalue weighted by Crippen LogP contribution is -2.42. The Hall–Kier alpha value is -4.74. The molecule has 4 aromatic rings. The summed E-state index contributed by atoms with van der Waals surface area (Å²) in [5, 5.41) is 19.7. The van der Waals surface area contributed by atoms with Crippen molar-refractivity contribution >= 4 is 28.9 Å². The van der Waals surface area contributed by atoms with Crippen LogP contribution in [-0.4, -0.2) is 57.7 Å². The SMILES string of the molecule is N#Cc1cccc(-c2ccc3cc(-c4c(C5CCCCC5)cc(/C=C/C(=O)O)n4CC(=O)N4CCOCC4)ccc3n2)c1. The van der Waals surface area contributed by atoms with Crippen LogP contribution in [-0.2, 0) is 20.9 Å². The number of hydrogen-bond acceptors (Lipinski definition) is 5. The molecule has 8 nitrogen and oxygen atoms in total. The number of fused-ring (bicyclic) bond motifs is 1. The number of pyridine rings is 1. The minimum absolute atomic E-state index is 0.00739. The summed E-state index contributed by atoms with van der Waals surface area (Å²) < 4.78 is 7.45. The molecule has 0 unspecified atom stereocenters. The molecule has 218 valence electrons. The molecule has 1 amide bonds. The highest BCUT2D eigenvalue weighted by Gasteiger charge is 2.27. The van der Waals surface area contributed by atoms with E-state index in [-0.39, 0.29) is 12.5 Å². The molecule has 1 saturated carbocycles. The summed E-state index contributed by atoms with van der Waals surface area (Å²) in [6.07, 6.45) is 8.41. The number of aromatic nitrogens is 2. The second kappa shape index (κ2) is 12.6. The zero-order valence-corrected chi connectivity index (χ0v) is 24.0. The number of carbonyl (C=O) groups excluding carboxylic acids is 1. The van der Waals surface area contributed by atoms with E-state index in [0.29, 0.717) is 43.5 Å². The maximum Gasteiger partial charge on any atom is 0.328 e. The highest BCUT2D eigenvalue weighted by Crippen LogP contribution is 2.41. The Labute approximate surface area is 250 Å². The number of carboxylic acids is 1. The molecule has 43 heavy (non-hydrogen) atoms. The summed E-state index contributed by atoms with van der Waals surface area (Å²) in [7, 11) is 0. The molecule has 6 rings (SSSR count). The van der Waals surface area contributed by atoms with E-state index in [1.165, 1.54) is 6.42 Å². The van der Waals surface area contributed by atoms with Crippen molar-refractivity contribution in [2.75, 3.05) is 26.3 Å². The van der Waals surface area contributed by atoms with Gasteiger partial charge in [-0.25, -0.2) is 9.78 Å². The fourth-order valence-electron chi connectivity index (χ4n) is 6.33. The van der Waals surface area contributed by atoms with Crippen LogP contribution in [0, 0.1) is 11.3 Å². The van der Waals surface area contributed by atoms with E-state index in [4.69, 9.17) is 9.72 Å². The van der Waals surface area contributed by atoms with E-state index in [2.05, 4.69) is 18.2 Å². The van der Waals surface area contributed by atoms with E-state index in [0.717, 1.165) is 70.7 Å². The molecule has 2 aliphatic rings. The molecular formula is C35H34N4O4. The Kier molecular flexibility index (Phi) is 8.34. The van der Waals surface area contributed by atoms with Gasteiger partial charge in [0.2, 0.25) is 5.91 Å². The van der Waals surface area contributed by atoms with Crippen molar-refractivity contribution in [3.63, 3.8) is 0 Å². The average molecular weight is 575 g/mol. The van der Waals surface area contributed by atoms with Gasteiger partial charge in [0.15, 0.2) is 0 Å². The third-order valence-electron chi connectivity index (χ3n) is 8.51. The third-order valence-corrected chi connectivity index (χ3v) is 8.51. The van der Waals surface area contributed by atoms with Gasteiger partial charge in [0.25, 0.3) is 0 Å². The molecule has 1 aliphatic carbocycles. The van der Waals surface area contributed by atoms with Crippen molar-refractivity contribution in [1.29, 1.82) is 5.26 Å². The maximum atomic E-state index is 13.5. The Morgan fingerprint density at radius 1 is 1.00 bits per heavy atom. The summed E-state index contributed by atoms with van der Waals surface area (Å²) in [6.45, 7) is 2.25. The van der Waals surface area contributed by atoms with Gasteiger partial charge in [0.05, 0.1) is 41.8 Å². The van der Waals surface area contributed by atoms with Crippen LogP contribution in [0.1, 0.15) is 54.8 Å². The molecule has 1 N–H and O–H groups in total. The van der Waals surface area contributed by atoms with Crippen molar-refractivity contribution in [3.8, 4) is 28.6 Å². The number of rotatable bonds is 7. The van der Waals surface area contributed by atoms with Crippen molar-refractivity contribution in [1.82, 2.24) is 14.5 Å². The van der Waals surface area contributed by atoms with Crippen molar-refractivity contribution in [2.45, 2.75) is 44.6 Å². The summed E-state index contributed by atoms with van der Waals surface area (Å²) in [6, 6.07) is 21.9. The minimum atomic E-state index is -1.03. The number of hydrogen-bond donors (Lipinski definition) is 1. The normalized spacial score (nSPS) is 16.0. The first-order valence-electron chi connectivity index (χ1n) is 14.9. The fourth-order valence-corrected chi connectivity index (χ4v) is 6.33. The molecule has 8 heteroatoms. The number of ether oxygens (including phenoxy) is 1. The Morgan fingerprint density at radius 3 is 2.58 bits per heavy atom. The van der Waals surface area contributed by atoms with E-state index in [1.54, 1.807) is 12.1 Å². The molecule has 3 heterocycles. The van der Waals surface area contributed by atoms with Crippen LogP contribution >= 0.6 is 0 Å². The Morgan fingerprint density at radius 2 is 1.81 bits per heavy atom. The van der Waals surface area contributed by atoms with Gasteiger partial charge in [0.1, 0.15) is 6.54 Å². The number of nitrogens with zero attached hydrogens (tertiary/aromatic N) is 4. The zero-order chi connectivity index (χ0) is 29.8. The number of aliphatic carboxylic acids is 1. The minimum Gasteiger partial charge on any atom is -0.478 e. The quantitative estimate of drug-likeness (QED) is 0.262. The number of amides is 1. The molecule has 0 bridgehead atoms. The van der Waals surface area contributed by atoms with Gasteiger partial charge in [-0.05, 0) is 72.4 Å². The van der Waals surface area contributed by atoms with E-state index >= 15 is 0 Å². The molecule has 2 aromatic heterocycles. The van der Waals surface area contributed by atoms with Gasteiger partial charge in [-0.3, -0.25) is 4.79 Å². The van der Waals surface area contributed by atoms with Crippen LogP contribution in [0.5, 0.6) is 0 Å². The second-order valence-corrected chi connectivity index (χ2v) is 11.3. The summed E-state index contributed by atoms with van der Waals surface area (Å²) in [5.41, 5.74) is 6.91. The average Bonchev–Trinajstić information content (AvgIpc) is 3.41. The summed E-state index contributed by atoms with van der Waals surface area (Å²) >= 11 is 0. The first kappa shape index (κ1) is 28.4. The number of benzene rings is 2. The molecule has 1 aliphatic heterocycles. The van der Waals surface area contributed by atoms with E-state index < -0.39 is 5.97 Å². The monoisotopic (exact) mass is 574 g/mol. The second-order valence-electron chi connectivity index (χ2n) is 11.3. The molecule has 2 aromatic carbocycles. The van der Waals surface area contributed by atoms with Gasteiger partial charge in [-0.1, -0.05) is 43.5 Å². The van der Waals surface area contributed by atoms with Crippen molar-refractivity contribution in [2.24, 2.45) is 0 Å². The molecule has 2 fully saturated rings. The standard InChI is InChI=1S/C35H34N4O4/c36-22-24-5-4-8-26(19-24)31-12-9-27-20-28(10-13-32(27)37-31)35-30(25-6-2-1-3-7-25)21-29(11-14-34(41)42)39(35)23-33(40)38-15-17-43-18-16-38/h4-5,8-14,19-21,25H,1-3,6-7,15-18,23H2,(H,41,42)/b14-11+. The van der Waals surface area contributed by atoms with Gasteiger partial charge in [-0.2, -0.15) is 5.26 Å². The molecule has 0 radical (unpaired) electrons. The van der Waals surface area contributed by atoms with Gasteiger partial charge in [-0.15, -0.1) is 0 Å². The van der Waals surface area contributed by atoms with E-state index in [1.807, 2.05) is 51.9 Å². The lowest BCUT2D eigenvalue weighted by Gasteiger charge is -2.28. The number of morpholine rings is 1. The zero-order valence-electron chi connectivity index (χ0n) is 24.0. The van der Waals surface area contributed by atoms with E-state index in [9.17, 15) is 20.0 Å². The van der Waals surface area contributed by atoms with Crippen LogP contribution in [0.3, 0.4) is 0 Å². The lowest BCUT2D eigenvalue weighted by atomic mass is 9.83. The Balaban J connectivity index is 1.46. The molecule has 0 spiro atoms. The number of carboxylic acid groups (broad SMARTS) is 1. The van der Waals surface area contributed by atoms with Crippen molar-refractivity contribution in [3.05, 3.63) is 83.6 Å².